The van der Waals surface area contributed by atoms with Gasteiger partial charge in [0.25, 0.3) is 0 Å². The van der Waals surface area contributed by atoms with Gasteiger partial charge in [0.2, 0.25) is 0 Å². The molecule has 0 bridgehead atoms. The number of halogens is 1. The molecule has 0 saturated carbocycles. The molecule has 2 heterocycles. The lowest BCUT2D eigenvalue weighted by atomic mass is 9.78. The van der Waals surface area contributed by atoms with Crippen LogP contribution in [-0.4, -0.2) is 30.2 Å². The molecule has 2 nitrogen and oxygen atoms in total. The van der Waals surface area contributed by atoms with Crippen molar-refractivity contribution in [2.24, 2.45) is 11.3 Å². The minimum Gasteiger partial charge on any atom is -0.381 e. The van der Waals surface area contributed by atoms with E-state index in [2.05, 4.69) is 36.7 Å². The van der Waals surface area contributed by atoms with Crippen molar-refractivity contribution >= 4 is 15.9 Å². The topological polar surface area (TPSA) is 18.5 Å². The summed E-state index contributed by atoms with van der Waals surface area (Å²) in [6.07, 6.45) is 7.30. The largest absolute Gasteiger partial charge is 0.381 e. The smallest absolute Gasteiger partial charge is 0.0729 e. The lowest BCUT2D eigenvalue weighted by Crippen LogP contribution is -2.44. The molecule has 0 N–H and O–H groups in total. The van der Waals surface area contributed by atoms with Gasteiger partial charge in [-0.05, 0) is 49.9 Å². The van der Waals surface area contributed by atoms with Crippen molar-refractivity contribution < 1.29 is 9.47 Å². The Hall–Kier alpha value is 0.400. The lowest BCUT2D eigenvalue weighted by molar-refractivity contribution is -0.147. The van der Waals surface area contributed by atoms with E-state index in [1.807, 2.05) is 0 Å². The normalized spacial score (nSPS) is 29.4. The Balaban J connectivity index is 1.81. The minimum absolute atomic E-state index is 0.157. The van der Waals surface area contributed by atoms with Crippen LogP contribution in [-0.2, 0) is 9.47 Å². The Kier molecular flexibility index (Phi) is 5.35. The van der Waals surface area contributed by atoms with Gasteiger partial charge in [0.15, 0.2) is 0 Å². The number of alkyl halides is 1. The molecule has 0 aromatic carbocycles. The van der Waals surface area contributed by atoms with E-state index in [1.165, 1.54) is 25.7 Å². The first-order valence-electron chi connectivity index (χ1n) is 7.77. The van der Waals surface area contributed by atoms with Crippen LogP contribution >= 0.6 is 15.9 Å². The van der Waals surface area contributed by atoms with Gasteiger partial charge in [-0.2, -0.15) is 0 Å². The monoisotopic (exact) mass is 332 g/mol. The van der Waals surface area contributed by atoms with E-state index in [0.29, 0.717) is 10.2 Å². The Morgan fingerprint density at radius 1 is 1.21 bits per heavy atom. The molecule has 3 heteroatoms. The zero-order chi connectivity index (χ0) is 13.9. The van der Waals surface area contributed by atoms with E-state index in [0.717, 1.165) is 38.6 Å². The molecule has 1 spiro atoms. The highest BCUT2D eigenvalue weighted by Crippen LogP contribution is 2.40. The van der Waals surface area contributed by atoms with Crippen molar-refractivity contribution in [3.63, 3.8) is 0 Å². The maximum Gasteiger partial charge on any atom is 0.0729 e. The van der Waals surface area contributed by atoms with Crippen LogP contribution in [0.25, 0.3) is 0 Å². The Labute approximate surface area is 126 Å². The highest BCUT2D eigenvalue weighted by Gasteiger charge is 2.39. The van der Waals surface area contributed by atoms with Gasteiger partial charge in [-0.25, -0.2) is 0 Å². The highest BCUT2D eigenvalue weighted by atomic mass is 79.9. The fourth-order valence-electron chi connectivity index (χ4n) is 3.28. The summed E-state index contributed by atoms with van der Waals surface area (Å²) in [5, 5.41) is 0. The van der Waals surface area contributed by atoms with Crippen LogP contribution in [0, 0.1) is 11.3 Å². The van der Waals surface area contributed by atoms with Crippen LogP contribution in [0.5, 0.6) is 0 Å². The molecule has 0 radical (unpaired) electrons. The number of hydrogen-bond donors (Lipinski definition) is 0. The van der Waals surface area contributed by atoms with Gasteiger partial charge in [0.05, 0.1) is 5.60 Å². The first-order valence-corrected chi connectivity index (χ1v) is 8.69. The maximum atomic E-state index is 6.12. The molecule has 0 aromatic rings. The molecule has 2 fully saturated rings. The zero-order valence-corrected chi connectivity index (χ0v) is 14.3. The second kappa shape index (κ2) is 6.44. The van der Waals surface area contributed by atoms with Gasteiger partial charge >= 0.3 is 0 Å². The second-order valence-electron chi connectivity index (χ2n) is 7.41. The molecule has 2 rings (SSSR count). The molecule has 2 atom stereocenters. The number of ether oxygens (including phenoxy) is 2. The predicted molar refractivity (Wildman–Crippen MR) is 82.9 cm³/mol. The molecule has 0 aliphatic carbocycles. The number of hydrogen-bond acceptors (Lipinski definition) is 2. The van der Waals surface area contributed by atoms with E-state index >= 15 is 0 Å². The van der Waals surface area contributed by atoms with Crippen molar-refractivity contribution in [1.29, 1.82) is 0 Å². The third kappa shape index (κ3) is 4.44. The van der Waals surface area contributed by atoms with E-state index in [1.54, 1.807) is 0 Å². The molecular weight excluding hydrogens is 304 g/mol. The Morgan fingerprint density at radius 3 is 2.53 bits per heavy atom. The first-order chi connectivity index (χ1) is 8.91. The summed E-state index contributed by atoms with van der Waals surface area (Å²) in [7, 11) is 0. The summed E-state index contributed by atoms with van der Waals surface area (Å²) in [4.78, 5) is 0.619. The first kappa shape index (κ1) is 15.8. The Bertz CT molecular complexity index is 273. The third-order valence-corrected chi connectivity index (χ3v) is 6.60. The molecule has 2 aliphatic rings. The third-order valence-electron chi connectivity index (χ3n) is 4.77. The summed E-state index contributed by atoms with van der Waals surface area (Å²) in [5.74, 6) is 0.842. The second-order valence-corrected chi connectivity index (χ2v) is 8.52. The van der Waals surface area contributed by atoms with Crippen molar-refractivity contribution in [1.82, 2.24) is 0 Å². The minimum atomic E-state index is 0.157. The quantitative estimate of drug-likeness (QED) is 0.705. The van der Waals surface area contributed by atoms with Crippen LogP contribution in [0.3, 0.4) is 0 Å². The van der Waals surface area contributed by atoms with Crippen molar-refractivity contribution in [2.75, 3.05) is 19.8 Å². The van der Waals surface area contributed by atoms with E-state index in [9.17, 15) is 0 Å². The highest BCUT2D eigenvalue weighted by molar-refractivity contribution is 9.09. The van der Waals surface area contributed by atoms with E-state index < -0.39 is 0 Å². The summed E-state index contributed by atoms with van der Waals surface area (Å²) < 4.78 is 11.6. The predicted octanol–water partition coefficient (Wildman–Crippen LogP) is 4.55. The maximum absolute atomic E-state index is 6.12. The molecular formula is C16H29BrO2. The average molecular weight is 333 g/mol. The summed E-state index contributed by atoms with van der Waals surface area (Å²) in [5.41, 5.74) is 0.520. The average Bonchev–Trinajstić information content (AvgIpc) is 2.36. The molecule has 19 heavy (non-hydrogen) atoms. The number of rotatable bonds is 3. The van der Waals surface area contributed by atoms with Crippen LogP contribution in [0.2, 0.25) is 0 Å². The van der Waals surface area contributed by atoms with Crippen molar-refractivity contribution in [2.45, 2.75) is 69.7 Å². The van der Waals surface area contributed by atoms with Crippen LogP contribution < -0.4 is 0 Å². The summed E-state index contributed by atoms with van der Waals surface area (Å²) in [6, 6.07) is 0. The van der Waals surface area contributed by atoms with Gasteiger partial charge in [-0.1, -0.05) is 36.7 Å². The van der Waals surface area contributed by atoms with Crippen LogP contribution in [0.1, 0.15) is 59.3 Å². The molecule has 2 unspecified atom stereocenters. The van der Waals surface area contributed by atoms with E-state index in [4.69, 9.17) is 9.47 Å². The van der Waals surface area contributed by atoms with Gasteiger partial charge in [0, 0.05) is 24.6 Å². The standard InChI is InChI=1S/C16H29BrO2/c1-15(2,3)14(17)5-4-13-6-9-19-16(12-13)7-10-18-11-8-16/h13-14H,4-12H2,1-3H3. The van der Waals surface area contributed by atoms with Crippen molar-refractivity contribution in [3.8, 4) is 0 Å². The molecule has 0 aromatic heterocycles. The molecule has 112 valence electrons. The fraction of sp³-hybridized carbons (Fsp3) is 1.00. The SMILES string of the molecule is CC(C)(C)C(Br)CCC1CCOC2(CCOCC2)C1. The summed E-state index contributed by atoms with van der Waals surface area (Å²) >= 11 is 3.86. The summed E-state index contributed by atoms with van der Waals surface area (Å²) in [6.45, 7) is 9.67. The molecule has 2 aliphatic heterocycles. The van der Waals surface area contributed by atoms with Crippen LogP contribution in [0.4, 0.5) is 0 Å². The molecule has 0 amide bonds. The van der Waals surface area contributed by atoms with Gasteiger partial charge < -0.3 is 9.47 Å². The molecule has 2 saturated heterocycles. The van der Waals surface area contributed by atoms with Crippen molar-refractivity contribution in [3.05, 3.63) is 0 Å². The zero-order valence-electron chi connectivity index (χ0n) is 12.7. The van der Waals surface area contributed by atoms with Crippen LogP contribution in [0.15, 0.2) is 0 Å². The Morgan fingerprint density at radius 2 is 1.89 bits per heavy atom. The van der Waals surface area contributed by atoms with Gasteiger partial charge in [-0.15, -0.1) is 0 Å². The van der Waals surface area contributed by atoms with E-state index in [-0.39, 0.29) is 5.60 Å². The lowest BCUT2D eigenvalue weighted by Gasteiger charge is -2.43. The fourth-order valence-corrected chi connectivity index (χ4v) is 3.55. The van der Waals surface area contributed by atoms with Gasteiger partial charge in [0.1, 0.15) is 0 Å². The van der Waals surface area contributed by atoms with Gasteiger partial charge in [-0.3, -0.25) is 0 Å².